The molecule has 0 saturated heterocycles. The van der Waals surface area contributed by atoms with Crippen molar-refractivity contribution < 1.29 is 17.1 Å². The minimum atomic E-state index is 0. The number of thiocarbonyl (C=S) groups is 2. The van der Waals surface area contributed by atoms with Crippen molar-refractivity contribution in [2.45, 2.75) is 0 Å². The van der Waals surface area contributed by atoms with Crippen LogP contribution in [0.15, 0.2) is 13.2 Å². The van der Waals surface area contributed by atoms with E-state index in [1.165, 1.54) is 0 Å². The summed E-state index contributed by atoms with van der Waals surface area (Å²) in [7, 11) is 0. The van der Waals surface area contributed by atoms with Gasteiger partial charge in [0, 0.05) is 13.1 Å². The Kier molecular flexibility index (Phi) is 22.0. The molecule has 0 aromatic rings. The van der Waals surface area contributed by atoms with E-state index in [0.717, 1.165) is 0 Å². The van der Waals surface area contributed by atoms with E-state index in [0.29, 0.717) is 21.7 Å². The van der Waals surface area contributed by atoms with E-state index in [1.807, 2.05) is 0 Å². The second-order valence-corrected chi connectivity index (χ2v) is 3.58. The Hall–Kier alpha value is 0.479. The SMILES string of the molecule is C=C.S=C([S-])NCCNC(=S)[S-].[Mn+2]. The van der Waals surface area contributed by atoms with Gasteiger partial charge in [-0.15, -0.1) is 13.2 Å². The fourth-order valence-electron chi connectivity index (χ4n) is 0.329. The van der Waals surface area contributed by atoms with Crippen molar-refractivity contribution in [3.8, 4) is 0 Å². The molecule has 0 spiro atoms. The van der Waals surface area contributed by atoms with Crippen molar-refractivity contribution in [3.05, 3.63) is 13.2 Å². The molecule has 13 heavy (non-hydrogen) atoms. The first kappa shape index (κ1) is 19.1. The van der Waals surface area contributed by atoms with Gasteiger partial charge in [-0.05, 0) is 0 Å². The van der Waals surface area contributed by atoms with Crippen molar-refractivity contribution in [2.24, 2.45) is 0 Å². The van der Waals surface area contributed by atoms with E-state index >= 15 is 0 Å². The van der Waals surface area contributed by atoms with Gasteiger partial charge in [-0.1, -0.05) is 8.64 Å². The molecule has 0 bridgehead atoms. The molecule has 0 aliphatic rings. The summed E-state index contributed by atoms with van der Waals surface area (Å²) in [6.07, 6.45) is 0. The summed E-state index contributed by atoms with van der Waals surface area (Å²) in [6, 6.07) is 0. The first-order chi connectivity index (χ1) is 5.63. The van der Waals surface area contributed by atoms with Crippen LogP contribution in [0.5, 0.6) is 0 Å². The average Bonchev–Trinajstić information content (AvgIpc) is 2.02. The van der Waals surface area contributed by atoms with Crippen LogP contribution in [0.25, 0.3) is 0 Å². The van der Waals surface area contributed by atoms with E-state index in [9.17, 15) is 0 Å². The average molecular weight is 293 g/mol. The third-order valence-electron chi connectivity index (χ3n) is 0.664. The van der Waals surface area contributed by atoms with Crippen LogP contribution < -0.4 is 10.6 Å². The Balaban J connectivity index is -0.000000309. The van der Waals surface area contributed by atoms with Gasteiger partial charge in [0.2, 0.25) is 0 Å². The van der Waals surface area contributed by atoms with Crippen LogP contribution >= 0.6 is 24.4 Å². The van der Waals surface area contributed by atoms with Crippen LogP contribution in [0.2, 0.25) is 0 Å². The second kappa shape index (κ2) is 15.0. The normalized spacial score (nSPS) is 6.77. The number of hydrogen-bond acceptors (Lipinski definition) is 4. The Morgan fingerprint density at radius 2 is 1.23 bits per heavy atom. The van der Waals surface area contributed by atoms with Crippen LogP contribution in [0, 0.1) is 0 Å². The zero-order chi connectivity index (χ0) is 9.98. The van der Waals surface area contributed by atoms with Crippen molar-refractivity contribution in [1.82, 2.24) is 10.6 Å². The molecule has 0 aliphatic carbocycles. The summed E-state index contributed by atoms with van der Waals surface area (Å²) < 4.78 is 0.745. The van der Waals surface area contributed by atoms with Crippen molar-refractivity contribution in [2.75, 3.05) is 13.1 Å². The monoisotopic (exact) mass is 293 g/mol. The van der Waals surface area contributed by atoms with E-state index in [2.05, 4.69) is 73.5 Å². The molecule has 0 rings (SSSR count). The summed E-state index contributed by atoms with van der Waals surface area (Å²) in [5.74, 6) is 0. The molecule has 7 heteroatoms. The summed E-state index contributed by atoms with van der Waals surface area (Å²) >= 11 is 18.4. The number of nitrogens with one attached hydrogen (secondary N) is 2. The molecule has 0 heterocycles. The van der Waals surface area contributed by atoms with Crippen LogP contribution in [-0.2, 0) is 42.3 Å². The molecule has 0 amide bonds. The van der Waals surface area contributed by atoms with Crippen molar-refractivity contribution in [3.63, 3.8) is 0 Å². The van der Waals surface area contributed by atoms with Gasteiger partial charge in [0.15, 0.2) is 0 Å². The summed E-state index contributed by atoms with van der Waals surface area (Å²) in [5, 5.41) is 5.56. The minimum Gasteiger partial charge on any atom is -0.412 e. The maximum Gasteiger partial charge on any atom is 2.00 e. The van der Waals surface area contributed by atoms with Gasteiger partial charge in [-0.2, -0.15) is 0 Å². The largest absolute Gasteiger partial charge is 2.00 e. The van der Waals surface area contributed by atoms with Gasteiger partial charge >= 0.3 is 17.1 Å². The van der Waals surface area contributed by atoms with Crippen molar-refractivity contribution in [1.29, 1.82) is 0 Å². The molecule has 75 valence electrons. The Bertz CT molecular complexity index is 138. The smallest absolute Gasteiger partial charge is 0.412 e. The zero-order valence-corrected chi connectivity index (χ0v) is 11.3. The van der Waals surface area contributed by atoms with Crippen molar-refractivity contribution >= 4 is 58.3 Å². The van der Waals surface area contributed by atoms with E-state index < -0.39 is 0 Å². The molecule has 0 saturated carbocycles. The quantitative estimate of drug-likeness (QED) is 0.260. The maximum atomic E-state index is 4.59. The van der Waals surface area contributed by atoms with Gasteiger partial charge in [0.25, 0.3) is 0 Å². The molecule has 0 atom stereocenters. The topological polar surface area (TPSA) is 24.1 Å². The molecule has 0 aromatic heterocycles. The predicted molar refractivity (Wildman–Crippen MR) is 67.2 cm³/mol. The summed E-state index contributed by atoms with van der Waals surface area (Å²) in [4.78, 5) is 0. The molecule has 2 nitrogen and oxygen atoms in total. The molecule has 0 aliphatic heterocycles. The molecule has 0 unspecified atom stereocenters. The Labute approximate surface area is 112 Å². The van der Waals surface area contributed by atoms with Crippen LogP contribution in [-0.4, -0.2) is 21.7 Å². The maximum absolute atomic E-state index is 4.59. The fraction of sp³-hybridized carbons (Fsp3) is 0.333. The third-order valence-corrected chi connectivity index (χ3v) is 1.24. The molecule has 0 aromatic carbocycles. The van der Waals surface area contributed by atoms with Gasteiger partial charge < -0.3 is 60.3 Å². The van der Waals surface area contributed by atoms with E-state index in [4.69, 9.17) is 0 Å². The molecular weight excluding hydrogens is 283 g/mol. The number of hydrogen-bond donors (Lipinski definition) is 2. The van der Waals surface area contributed by atoms with Gasteiger partial charge in [0.05, 0.1) is 0 Å². The summed E-state index contributed by atoms with van der Waals surface area (Å²) in [6.45, 7) is 7.33. The minimum absolute atomic E-state index is 0. The first-order valence-electron chi connectivity index (χ1n) is 3.02. The van der Waals surface area contributed by atoms with E-state index in [1.54, 1.807) is 0 Å². The Morgan fingerprint density at radius 1 is 1.00 bits per heavy atom. The third kappa shape index (κ3) is 24.5. The molecule has 2 N–H and O–H groups in total. The number of rotatable bonds is 3. The van der Waals surface area contributed by atoms with Crippen LogP contribution in [0.3, 0.4) is 0 Å². The standard InChI is InChI=1S/C4H8N2S4.C2H4.Mn/c7-3(8)5-1-2-6-4(9)10;1-2;/h1-2H2,(H2,5,7,8)(H2,6,9,10);1-2H2;/q;;+2/p-2. The fourth-order valence-corrected chi connectivity index (χ4v) is 0.737. The molecule has 0 fully saturated rings. The van der Waals surface area contributed by atoms with Crippen LogP contribution in [0.1, 0.15) is 0 Å². The first-order valence-corrected chi connectivity index (χ1v) is 4.66. The van der Waals surface area contributed by atoms with Crippen LogP contribution in [0.4, 0.5) is 0 Å². The second-order valence-electron chi connectivity index (χ2n) is 1.43. The predicted octanol–water partition coefficient (Wildman–Crippen LogP) is 0.629. The Morgan fingerprint density at radius 3 is 1.38 bits per heavy atom. The van der Waals surface area contributed by atoms with E-state index in [-0.39, 0.29) is 17.1 Å². The zero-order valence-electron chi connectivity index (χ0n) is 6.84. The van der Waals surface area contributed by atoms with Gasteiger partial charge in [0.1, 0.15) is 0 Å². The van der Waals surface area contributed by atoms with Gasteiger partial charge in [-0.25, -0.2) is 0 Å². The molecular formula is C6H10MnN2S4. The van der Waals surface area contributed by atoms with Gasteiger partial charge in [-0.3, -0.25) is 0 Å². The molecule has 1 radical (unpaired) electrons. The summed E-state index contributed by atoms with van der Waals surface area (Å²) in [5.41, 5.74) is 0.